The van der Waals surface area contributed by atoms with Crippen molar-refractivity contribution in [2.24, 2.45) is 7.05 Å². The molecule has 0 spiro atoms. The first-order valence-electron chi connectivity index (χ1n) is 8.87. The van der Waals surface area contributed by atoms with Crippen LogP contribution in [0.25, 0.3) is 16.6 Å². The lowest BCUT2D eigenvalue weighted by Gasteiger charge is -2.13. The Balaban J connectivity index is 1.93. The number of rotatable bonds is 3. The fourth-order valence-electron chi connectivity index (χ4n) is 3.37. The Hall–Kier alpha value is -3.81. The molecule has 4 aromatic rings. The maximum atomic E-state index is 13.5. The SMILES string of the molecule is Cc1cc(F)ccc1-n1c(C)nc2ccc(C(=O)c3c[nH]n(C)c3=O)cc2c1=O. The highest BCUT2D eigenvalue weighted by Crippen LogP contribution is 2.19. The van der Waals surface area contributed by atoms with E-state index in [0.29, 0.717) is 22.6 Å². The van der Waals surface area contributed by atoms with E-state index >= 15 is 0 Å². The highest BCUT2D eigenvalue weighted by molar-refractivity contribution is 6.10. The first-order chi connectivity index (χ1) is 13.8. The molecule has 7 nitrogen and oxygen atoms in total. The molecule has 0 unspecified atom stereocenters. The summed E-state index contributed by atoms with van der Waals surface area (Å²) < 4.78 is 16.1. The Morgan fingerprint density at radius 2 is 1.83 bits per heavy atom. The Morgan fingerprint density at radius 3 is 2.48 bits per heavy atom. The molecule has 8 heteroatoms. The van der Waals surface area contributed by atoms with Gasteiger partial charge in [-0.15, -0.1) is 0 Å². The number of aryl methyl sites for hydroxylation is 3. The lowest BCUT2D eigenvalue weighted by Crippen LogP contribution is -2.23. The molecular weight excluding hydrogens is 375 g/mol. The van der Waals surface area contributed by atoms with E-state index in [1.165, 1.54) is 52.8 Å². The number of carbonyl (C=O) groups is 1. The number of ketones is 1. The summed E-state index contributed by atoms with van der Waals surface area (Å²) in [5.41, 5.74) is 0.900. The van der Waals surface area contributed by atoms with Crippen LogP contribution in [-0.2, 0) is 7.05 Å². The summed E-state index contributed by atoms with van der Waals surface area (Å²) in [5.74, 6) is -0.444. The topological polar surface area (TPSA) is 89.8 Å². The standard InChI is InChI=1S/C21H17FN4O3/c1-11-8-14(22)5-7-18(11)26-12(2)24-17-6-4-13(9-15(17)21(26)29)19(27)16-10-23-25(3)20(16)28/h4-10,23H,1-3H3. The summed E-state index contributed by atoms with van der Waals surface area (Å²) in [4.78, 5) is 42.5. The van der Waals surface area contributed by atoms with Gasteiger partial charge in [-0.2, -0.15) is 0 Å². The second-order valence-corrected chi connectivity index (χ2v) is 6.84. The molecule has 29 heavy (non-hydrogen) atoms. The fourth-order valence-corrected chi connectivity index (χ4v) is 3.37. The van der Waals surface area contributed by atoms with Crippen LogP contribution >= 0.6 is 0 Å². The third kappa shape index (κ3) is 2.98. The molecule has 4 rings (SSSR count). The molecule has 0 fully saturated rings. The summed E-state index contributed by atoms with van der Waals surface area (Å²) in [5, 5.41) is 2.89. The van der Waals surface area contributed by atoms with E-state index < -0.39 is 17.2 Å². The minimum absolute atomic E-state index is 0.0124. The van der Waals surface area contributed by atoms with Gasteiger partial charge in [0.1, 0.15) is 17.2 Å². The summed E-state index contributed by atoms with van der Waals surface area (Å²) in [6, 6.07) is 8.69. The number of hydrogen-bond acceptors (Lipinski definition) is 4. The van der Waals surface area contributed by atoms with Gasteiger partial charge in [0.05, 0.1) is 16.6 Å². The quantitative estimate of drug-likeness (QED) is 0.542. The van der Waals surface area contributed by atoms with Crippen molar-refractivity contribution in [3.63, 3.8) is 0 Å². The number of H-pyrrole nitrogens is 1. The third-order valence-corrected chi connectivity index (χ3v) is 4.88. The summed E-state index contributed by atoms with van der Waals surface area (Å²) in [6.07, 6.45) is 1.34. The predicted molar refractivity (Wildman–Crippen MR) is 106 cm³/mol. The number of carbonyl (C=O) groups excluding carboxylic acids is 1. The smallest absolute Gasteiger partial charge is 0.277 e. The largest absolute Gasteiger partial charge is 0.302 e. The molecule has 2 aromatic heterocycles. The van der Waals surface area contributed by atoms with Crippen LogP contribution in [0.1, 0.15) is 27.3 Å². The molecule has 0 atom stereocenters. The van der Waals surface area contributed by atoms with E-state index in [-0.39, 0.29) is 22.1 Å². The molecule has 2 heterocycles. The van der Waals surface area contributed by atoms with Gasteiger partial charge in [0.15, 0.2) is 5.78 Å². The lowest BCUT2D eigenvalue weighted by molar-refractivity contribution is 0.103. The van der Waals surface area contributed by atoms with Crippen molar-refractivity contribution in [2.45, 2.75) is 13.8 Å². The Morgan fingerprint density at radius 1 is 1.07 bits per heavy atom. The lowest BCUT2D eigenvalue weighted by atomic mass is 10.0. The van der Waals surface area contributed by atoms with Crippen molar-refractivity contribution in [2.75, 3.05) is 0 Å². The van der Waals surface area contributed by atoms with Crippen LogP contribution in [0.2, 0.25) is 0 Å². The van der Waals surface area contributed by atoms with Crippen molar-refractivity contribution >= 4 is 16.7 Å². The normalized spacial score (nSPS) is 11.2. The van der Waals surface area contributed by atoms with Gasteiger partial charge >= 0.3 is 0 Å². The minimum atomic E-state index is -0.488. The van der Waals surface area contributed by atoms with E-state index in [9.17, 15) is 18.8 Å². The van der Waals surface area contributed by atoms with Crippen LogP contribution in [0.15, 0.2) is 52.2 Å². The Labute approximate surface area is 164 Å². The van der Waals surface area contributed by atoms with Crippen molar-refractivity contribution in [3.05, 3.63) is 91.6 Å². The Bertz CT molecular complexity index is 1410. The van der Waals surface area contributed by atoms with Gasteiger partial charge in [-0.05, 0) is 55.8 Å². The molecule has 0 bridgehead atoms. The molecular formula is C21H17FN4O3. The molecule has 2 aromatic carbocycles. The average molecular weight is 392 g/mol. The highest BCUT2D eigenvalue weighted by atomic mass is 19.1. The van der Waals surface area contributed by atoms with Crippen molar-refractivity contribution < 1.29 is 9.18 Å². The zero-order valence-electron chi connectivity index (χ0n) is 16.0. The van der Waals surface area contributed by atoms with Crippen LogP contribution < -0.4 is 11.1 Å². The molecule has 0 radical (unpaired) electrons. The molecule has 0 amide bonds. The van der Waals surface area contributed by atoms with Crippen LogP contribution in [0.5, 0.6) is 0 Å². The van der Waals surface area contributed by atoms with Gasteiger partial charge in [0.2, 0.25) is 0 Å². The zero-order chi connectivity index (χ0) is 20.9. The van der Waals surface area contributed by atoms with Crippen molar-refractivity contribution in [3.8, 4) is 5.69 Å². The third-order valence-electron chi connectivity index (χ3n) is 4.88. The van der Waals surface area contributed by atoms with Gasteiger partial charge < -0.3 is 5.10 Å². The van der Waals surface area contributed by atoms with Crippen molar-refractivity contribution in [1.82, 2.24) is 19.3 Å². The van der Waals surface area contributed by atoms with E-state index in [0.717, 1.165) is 0 Å². The van der Waals surface area contributed by atoms with Gasteiger partial charge in [0, 0.05) is 18.8 Å². The molecule has 0 aliphatic heterocycles. The van der Waals surface area contributed by atoms with Gasteiger partial charge in [-0.3, -0.25) is 23.6 Å². The van der Waals surface area contributed by atoms with E-state index in [4.69, 9.17) is 0 Å². The van der Waals surface area contributed by atoms with Gasteiger partial charge in [-0.25, -0.2) is 9.37 Å². The van der Waals surface area contributed by atoms with E-state index in [1.54, 1.807) is 19.9 Å². The summed E-state index contributed by atoms with van der Waals surface area (Å²) >= 11 is 0. The number of fused-ring (bicyclic) bond motifs is 1. The summed E-state index contributed by atoms with van der Waals surface area (Å²) in [6.45, 7) is 3.39. The zero-order valence-corrected chi connectivity index (χ0v) is 16.0. The van der Waals surface area contributed by atoms with Gasteiger partial charge in [-0.1, -0.05) is 0 Å². The summed E-state index contributed by atoms with van der Waals surface area (Å²) in [7, 11) is 1.51. The molecule has 0 saturated heterocycles. The number of halogens is 1. The van der Waals surface area contributed by atoms with E-state index in [2.05, 4.69) is 10.1 Å². The fraction of sp³-hybridized carbons (Fsp3) is 0.143. The van der Waals surface area contributed by atoms with Crippen LogP contribution in [0.4, 0.5) is 4.39 Å². The van der Waals surface area contributed by atoms with Crippen LogP contribution in [0, 0.1) is 19.7 Å². The number of hydrogen-bond donors (Lipinski definition) is 1. The first-order valence-corrected chi connectivity index (χ1v) is 8.87. The number of nitrogens with one attached hydrogen (secondary N) is 1. The molecule has 0 aliphatic carbocycles. The predicted octanol–water partition coefficient (Wildman–Crippen LogP) is 2.40. The molecule has 146 valence electrons. The Kier molecular flexibility index (Phi) is 4.26. The molecule has 0 saturated carbocycles. The van der Waals surface area contributed by atoms with Gasteiger partial charge in [0.25, 0.3) is 11.1 Å². The van der Waals surface area contributed by atoms with Crippen molar-refractivity contribution in [1.29, 1.82) is 0 Å². The van der Waals surface area contributed by atoms with Crippen LogP contribution in [0.3, 0.4) is 0 Å². The number of nitrogens with zero attached hydrogens (tertiary/aromatic N) is 3. The molecule has 1 N–H and O–H groups in total. The number of benzene rings is 2. The minimum Gasteiger partial charge on any atom is -0.302 e. The second-order valence-electron chi connectivity index (χ2n) is 6.84. The highest BCUT2D eigenvalue weighted by Gasteiger charge is 2.18. The molecule has 0 aliphatic rings. The second kappa shape index (κ2) is 6.66. The maximum Gasteiger partial charge on any atom is 0.277 e. The van der Waals surface area contributed by atoms with E-state index in [1.807, 2.05) is 0 Å². The number of aromatic amines is 1. The van der Waals surface area contributed by atoms with Crippen LogP contribution in [-0.4, -0.2) is 25.1 Å². The maximum absolute atomic E-state index is 13.5. The monoisotopic (exact) mass is 392 g/mol. The first kappa shape index (κ1) is 18.5. The number of aromatic nitrogens is 4. The average Bonchev–Trinajstić information content (AvgIpc) is 3.01.